The van der Waals surface area contributed by atoms with Crippen LogP contribution < -0.4 is 10.6 Å². The van der Waals surface area contributed by atoms with E-state index in [1.807, 2.05) is 4.90 Å². The molecule has 2 saturated heterocycles. The van der Waals surface area contributed by atoms with Crippen molar-refractivity contribution < 1.29 is 22.0 Å². The Labute approximate surface area is 213 Å². The summed E-state index contributed by atoms with van der Waals surface area (Å²) in [5.41, 5.74) is 0.980. The van der Waals surface area contributed by atoms with Gasteiger partial charge >= 0.3 is 0 Å². The summed E-state index contributed by atoms with van der Waals surface area (Å²) in [5, 5.41) is 5.71. The van der Waals surface area contributed by atoms with Crippen LogP contribution in [0.5, 0.6) is 0 Å². The Balaban J connectivity index is 1.21. The molecule has 0 radical (unpaired) electrons. The number of benzene rings is 2. The molecular weight excluding hydrogens is 502 g/mol. The zero-order valence-electron chi connectivity index (χ0n) is 19.9. The first-order valence-electron chi connectivity index (χ1n) is 12.0. The second-order valence-corrected chi connectivity index (χ2v) is 11.0. The molecule has 9 nitrogen and oxygen atoms in total. The molecule has 2 aromatic carbocycles. The second kappa shape index (κ2) is 10.4. The van der Waals surface area contributed by atoms with Crippen molar-refractivity contribution in [1.82, 2.24) is 19.2 Å². The number of sulfonamides is 1. The number of rotatable bonds is 8. The molecule has 2 aliphatic rings. The number of nitrogens with one attached hydrogen (secondary N) is 2. The topological polar surface area (TPSA) is 108 Å². The highest BCUT2D eigenvalue weighted by atomic mass is 32.2. The lowest BCUT2D eigenvalue weighted by molar-refractivity contribution is -0.140. The van der Waals surface area contributed by atoms with Gasteiger partial charge in [0.15, 0.2) is 11.6 Å². The lowest BCUT2D eigenvalue weighted by Crippen LogP contribution is -2.48. The van der Waals surface area contributed by atoms with Gasteiger partial charge in [-0.15, -0.1) is 0 Å². The quantitative estimate of drug-likeness (QED) is 0.428. The van der Waals surface area contributed by atoms with E-state index in [9.17, 15) is 22.0 Å². The molecule has 0 aliphatic carbocycles. The number of carbonyl (C=O) groups is 1. The SMILES string of the molecule is O=C1CCN1CC1CCN(S(=O)(=O)c2ccc(Nc3ncc(F)c(Nc4ccc(F)cc4)n3)cc2)CC1. The maximum Gasteiger partial charge on any atom is 0.243 e. The van der Waals surface area contributed by atoms with E-state index in [-0.39, 0.29) is 22.6 Å². The molecule has 2 N–H and O–H groups in total. The molecule has 0 bridgehead atoms. The molecule has 2 aliphatic heterocycles. The van der Waals surface area contributed by atoms with Gasteiger partial charge < -0.3 is 15.5 Å². The number of β-lactam (4-membered cyclic amide) rings is 1. The van der Waals surface area contributed by atoms with Crippen LogP contribution in [0.2, 0.25) is 0 Å². The first-order chi connectivity index (χ1) is 17.8. The van der Waals surface area contributed by atoms with E-state index in [1.165, 1.54) is 40.7 Å². The highest BCUT2D eigenvalue weighted by Gasteiger charge is 2.32. The van der Waals surface area contributed by atoms with Crippen molar-refractivity contribution in [2.24, 2.45) is 5.92 Å². The average molecular weight is 529 g/mol. The van der Waals surface area contributed by atoms with Gasteiger partial charge in [0.25, 0.3) is 0 Å². The third kappa shape index (κ3) is 5.70. The van der Waals surface area contributed by atoms with E-state index in [2.05, 4.69) is 20.6 Å². The Hall–Kier alpha value is -3.64. The number of nitrogens with zero attached hydrogens (tertiary/aromatic N) is 4. The van der Waals surface area contributed by atoms with Gasteiger partial charge in [-0.3, -0.25) is 4.79 Å². The molecule has 0 spiro atoms. The van der Waals surface area contributed by atoms with E-state index < -0.39 is 21.7 Å². The molecule has 194 valence electrons. The summed E-state index contributed by atoms with van der Waals surface area (Å²) >= 11 is 0. The van der Waals surface area contributed by atoms with Crippen LogP contribution in [0.15, 0.2) is 59.6 Å². The minimum atomic E-state index is -3.65. The standard InChI is InChI=1S/C25H26F2N6O3S/c26-18-1-3-19(4-2-18)29-24-22(27)15-28-25(31-24)30-20-5-7-21(8-6-20)37(35,36)33-13-9-17(10-14-33)16-32-12-11-23(32)34/h1-8,15,17H,9-14,16H2,(H2,28,29,30,31). The van der Waals surface area contributed by atoms with Gasteiger partial charge in [0.2, 0.25) is 21.9 Å². The maximum absolute atomic E-state index is 14.2. The van der Waals surface area contributed by atoms with E-state index in [0.29, 0.717) is 43.3 Å². The largest absolute Gasteiger partial charge is 0.342 e. The summed E-state index contributed by atoms with van der Waals surface area (Å²) in [6, 6.07) is 11.6. The highest BCUT2D eigenvalue weighted by molar-refractivity contribution is 7.89. The summed E-state index contributed by atoms with van der Waals surface area (Å²) < 4.78 is 55.0. The number of halogens is 2. The molecule has 37 heavy (non-hydrogen) atoms. The summed E-state index contributed by atoms with van der Waals surface area (Å²) in [6.45, 7) is 2.34. The van der Waals surface area contributed by atoms with Crippen LogP contribution in [0.1, 0.15) is 19.3 Å². The van der Waals surface area contributed by atoms with Gasteiger partial charge in [0, 0.05) is 44.0 Å². The third-order valence-electron chi connectivity index (χ3n) is 6.60. The van der Waals surface area contributed by atoms with Crippen LogP contribution in [-0.2, 0) is 14.8 Å². The van der Waals surface area contributed by atoms with E-state index in [0.717, 1.165) is 25.6 Å². The molecule has 3 heterocycles. The maximum atomic E-state index is 14.2. The van der Waals surface area contributed by atoms with Gasteiger partial charge in [-0.1, -0.05) is 0 Å². The van der Waals surface area contributed by atoms with Crippen LogP contribution >= 0.6 is 0 Å². The zero-order valence-corrected chi connectivity index (χ0v) is 20.7. The van der Waals surface area contributed by atoms with E-state index >= 15 is 0 Å². The fraction of sp³-hybridized carbons (Fsp3) is 0.320. The number of amides is 1. The van der Waals surface area contributed by atoms with Gasteiger partial charge in [-0.05, 0) is 67.3 Å². The van der Waals surface area contributed by atoms with Crippen molar-refractivity contribution >= 4 is 39.1 Å². The van der Waals surface area contributed by atoms with Crippen LogP contribution in [0.4, 0.5) is 31.9 Å². The number of hydrogen-bond acceptors (Lipinski definition) is 7. The molecule has 0 saturated carbocycles. The predicted octanol–water partition coefficient (Wildman–Crippen LogP) is 3.88. The molecular formula is C25H26F2N6O3S. The highest BCUT2D eigenvalue weighted by Crippen LogP contribution is 2.27. The summed E-state index contributed by atoms with van der Waals surface area (Å²) in [7, 11) is -3.65. The van der Waals surface area contributed by atoms with Crippen molar-refractivity contribution in [3.8, 4) is 0 Å². The van der Waals surface area contributed by atoms with E-state index in [1.54, 1.807) is 12.1 Å². The van der Waals surface area contributed by atoms with Crippen molar-refractivity contribution in [3.05, 3.63) is 66.4 Å². The Kier molecular flexibility index (Phi) is 7.02. The number of anilines is 4. The lowest BCUT2D eigenvalue weighted by atomic mass is 9.96. The van der Waals surface area contributed by atoms with Crippen LogP contribution in [0.3, 0.4) is 0 Å². The van der Waals surface area contributed by atoms with Gasteiger partial charge in [0.1, 0.15) is 5.82 Å². The Morgan fingerprint density at radius 3 is 2.19 bits per heavy atom. The molecule has 1 amide bonds. The number of piperidine rings is 1. The molecule has 0 atom stereocenters. The summed E-state index contributed by atoms with van der Waals surface area (Å²) in [5.74, 6) is -0.590. The predicted molar refractivity (Wildman–Crippen MR) is 134 cm³/mol. The molecule has 5 rings (SSSR count). The van der Waals surface area contributed by atoms with Crippen molar-refractivity contribution in [3.63, 3.8) is 0 Å². The molecule has 0 unspecified atom stereocenters. The summed E-state index contributed by atoms with van der Waals surface area (Å²) in [4.78, 5) is 21.6. The van der Waals surface area contributed by atoms with E-state index in [4.69, 9.17) is 0 Å². The minimum Gasteiger partial charge on any atom is -0.342 e. The lowest BCUT2D eigenvalue weighted by Gasteiger charge is -2.37. The summed E-state index contributed by atoms with van der Waals surface area (Å²) in [6.07, 6.45) is 3.05. The molecule has 1 aromatic heterocycles. The van der Waals surface area contributed by atoms with Crippen LogP contribution in [0.25, 0.3) is 0 Å². The first-order valence-corrected chi connectivity index (χ1v) is 13.4. The normalized spacial score (nSPS) is 16.9. The smallest absolute Gasteiger partial charge is 0.243 e. The first kappa shape index (κ1) is 25.0. The van der Waals surface area contributed by atoms with Crippen LogP contribution in [-0.4, -0.2) is 59.7 Å². The van der Waals surface area contributed by atoms with Gasteiger partial charge in [0.05, 0.1) is 11.1 Å². The fourth-order valence-electron chi connectivity index (χ4n) is 4.37. The molecule has 2 fully saturated rings. The van der Waals surface area contributed by atoms with Crippen molar-refractivity contribution in [1.29, 1.82) is 0 Å². The second-order valence-electron chi connectivity index (χ2n) is 9.11. The number of carbonyl (C=O) groups excluding carboxylic acids is 1. The third-order valence-corrected chi connectivity index (χ3v) is 8.51. The average Bonchev–Trinajstić information content (AvgIpc) is 2.90. The van der Waals surface area contributed by atoms with Gasteiger partial charge in [-0.25, -0.2) is 22.2 Å². The minimum absolute atomic E-state index is 0.0924. The Morgan fingerprint density at radius 2 is 1.57 bits per heavy atom. The van der Waals surface area contributed by atoms with Crippen molar-refractivity contribution in [2.75, 3.05) is 36.8 Å². The number of aromatic nitrogens is 2. The Bertz CT molecular complexity index is 1380. The van der Waals surface area contributed by atoms with Crippen molar-refractivity contribution in [2.45, 2.75) is 24.2 Å². The number of likely N-dealkylation sites (tertiary alicyclic amines) is 1. The van der Waals surface area contributed by atoms with Gasteiger partial charge in [-0.2, -0.15) is 9.29 Å². The number of hydrogen-bond donors (Lipinski definition) is 2. The molecule has 12 heteroatoms. The Morgan fingerprint density at radius 1 is 0.919 bits per heavy atom. The molecule has 3 aromatic rings. The van der Waals surface area contributed by atoms with Crippen LogP contribution in [0, 0.1) is 17.6 Å². The monoisotopic (exact) mass is 528 g/mol. The zero-order chi connectivity index (χ0) is 26.0. The fourth-order valence-corrected chi connectivity index (χ4v) is 5.84.